The number of carbonyl (C=O) groups is 1. The molecule has 2 fully saturated rings. The Morgan fingerprint density at radius 1 is 1.17 bits per heavy atom. The van der Waals surface area contributed by atoms with Crippen molar-refractivity contribution >= 4 is 17.4 Å². The molecule has 0 aromatic carbocycles. The van der Waals surface area contributed by atoms with E-state index in [0.717, 1.165) is 44.6 Å². The largest absolute Gasteiger partial charge is 0.355 e. The Labute approximate surface area is 141 Å². The molecule has 7 nitrogen and oxygen atoms in total. The number of amides is 1. The van der Waals surface area contributed by atoms with Gasteiger partial charge in [-0.1, -0.05) is 12.8 Å². The molecule has 126 valence electrons. The van der Waals surface area contributed by atoms with Crippen molar-refractivity contribution in [3.63, 3.8) is 0 Å². The Balaban J connectivity index is 1.50. The van der Waals surface area contributed by atoms with Crippen LogP contribution in [0.4, 0.5) is 11.5 Å². The molecule has 0 unspecified atom stereocenters. The topological polar surface area (TPSA) is 75.9 Å². The lowest BCUT2D eigenvalue weighted by atomic mass is 10.3. The summed E-state index contributed by atoms with van der Waals surface area (Å²) in [5.41, 5.74) is 1.10. The van der Waals surface area contributed by atoms with Gasteiger partial charge in [-0.05, 0) is 31.7 Å². The standard InChI is InChI=1S/C17H22N6O/c24-17(14-7-10-23(21-14)13-5-1-2-6-13)20-15-11-18-12-19-16(15)22-8-3-4-9-22/h7,10-13H,1-6,8-9H2,(H,20,24). The van der Waals surface area contributed by atoms with Crippen LogP contribution >= 0.6 is 0 Å². The fraction of sp³-hybridized carbons (Fsp3) is 0.529. The van der Waals surface area contributed by atoms with Gasteiger partial charge in [0.15, 0.2) is 11.5 Å². The highest BCUT2D eigenvalue weighted by Gasteiger charge is 2.21. The van der Waals surface area contributed by atoms with Crippen LogP contribution in [0.1, 0.15) is 55.1 Å². The molecule has 1 amide bonds. The first-order valence-corrected chi connectivity index (χ1v) is 8.73. The highest BCUT2D eigenvalue weighted by atomic mass is 16.2. The van der Waals surface area contributed by atoms with Crippen molar-refractivity contribution in [1.82, 2.24) is 19.7 Å². The molecule has 1 N–H and O–H groups in total. The van der Waals surface area contributed by atoms with E-state index in [1.807, 2.05) is 10.9 Å². The van der Waals surface area contributed by atoms with Crippen molar-refractivity contribution in [2.75, 3.05) is 23.3 Å². The van der Waals surface area contributed by atoms with Gasteiger partial charge in [-0.2, -0.15) is 5.10 Å². The second-order valence-electron chi connectivity index (χ2n) is 6.53. The van der Waals surface area contributed by atoms with Gasteiger partial charge in [0.25, 0.3) is 5.91 Å². The first-order valence-electron chi connectivity index (χ1n) is 8.73. The minimum atomic E-state index is -0.206. The maximum atomic E-state index is 12.5. The molecule has 4 rings (SSSR count). The summed E-state index contributed by atoms with van der Waals surface area (Å²) in [5, 5.41) is 7.39. The van der Waals surface area contributed by atoms with Crippen LogP contribution in [0.2, 0.25) is 0 Å². The van der Waals surface area contributed by atoms with Crippen molar-refractivity contribution in [3.8, 4) is 0 Å². The fourth-order valence-electron chi connectivity index (χ4n) is 3.61. The SMILES string of the molecule is O=C(Nc1cncnc1N1CCCC1)c1ccn(C2CCCC2)n1. The molecule has 1 saturated carbocycles. The number of carbonyl (C=O) groups excluding carboxylic acids is 1. The fourth-order valence-corrected chi connectivity index (χ4v) is 3.61. The zero-order chi connectivity index (χ0) is 16.4. The van der Waals surface area contributed by atoms with Gasteiger partial charge >= 0.3 is 0 Å². The molecule has 2 aromatic rings. The predicted molar refractivity (Wildman–Crippen MR) is 91.2 cm³/mol. The summed E-state index contributed by atoms with van der Waals surface area (Å²) >= 11 is 0. The quantitative estimate of drug-likeness (QED) is 0.935. The zero-order valence-corrected chi connectivity index (χ0v) is 13.7. The molecular weight excluding hydrogens is 304 g/mol. The Kier molecular flexibility index (Phi) is 4.15. The maximum Gasteiger partial charge on any atom is 0.276 e. The Morgan fingerprint density at radius 2 is 1.96 bits per heavy atom. The van der Waals surface area contributed by atoms with E-state index in [1.54, 1.807) is 12.3 Å². The van der Waals surface area contributed by atoms with Gasteiger partial charge < -0.3 is 10.2 Å². The predicted octanol–water partition coefficient (Wildman–Crippen LogP) is 2.64. The molecular formula is C17H22N6O. The van der Waals surface area contributed by atoms with Gasteiger partial charge in [-0.25, -0.2) is 9.97 Å². The summed E-state index contributed by atoms with van der Waals surface area (Å²) in [7, 11) is 0. The second-order valence-corrected chi connectivity index (χ2v) is 6.53. The third-order valence-electron chi connectivity index (χ3n) is 4.88. The average molecular weight is 326 g/mol. The molecule has 7 heteroatoms. The van der Waals surface area contributed by atoms with E-state index in [0.29, 0.717) is 17.4 Å². The highest BCUT2D eigenvalue weighted by Crippen LogP contribution is 2.29. The summed E-state index contributed by atoms with van der Waals surface area (Å²) in [6.45, 7) is 1.94. The Hall–Kier alpha value is -2.44. The minimum absolute atomic E-state index is 0.206. The van der Waals surface area contributed by atoms with Crippen LogP contribution in [0, 0.1) is 0 Å². The lowest BCUT2D eigenvalue weighted by Gasteiger charge is -2.19. The molecule has 0 spiro atoms. The van der Waals surface area contributed by atoms with Crippen molar-refractivity contribution in [2.24, 2.45) is 0 Å². The van der Waals surface area contributed by atoms with Crippen LogP contribution in [0.3, 0.4) is 0 Å². The zero-order valence-electron chi connectivity index (χ0n) is 13.7. The van der Waals surface area contributed by atoms with E-state index < -0.39 is 0 Å². The number of aromatic nitrogens is 4. The number of rotatable bonds is 4. The third kappa shape index (κ3) is 2.98. The molecule has 3 heterocycles. The summed E-state index contributed by atoms with van der Waals surface area (Å²) in [6.07, 6.45) is 12.2. The molecule has 1 aliphatic carbocycles. The first-order chi connectivity index (χ1) is 11.8. The first kappa shape index (κ1) is 15.1. The van der Waals surface area contributed by atoms with E-state index in [-0.39, 0.29) is 5.91 Å². The number of hydrogen-bond acceptors (Lipinski definition) is 5. The van der Waals surface area contributed by atoms with Crippen molar-refractivity contribution in [2.45, 2.75) is 44.6 Å². The lowest BCUT2D eigenvalue weighted by Crippen LogP contribution is -2.23. The van der Waals surface area contributed by atoms with Crippen LogP contribution in [-0.2, 0) is 0 Å². The molecule has 0 atom stereocenters. The number of nitrogens with one attached hydrogen (secondary N) is 1. The summed E-state index contributed by atoms with van der Waals surface area (Å²) in [6, 6.07) is 2.22. The van der Waals surface area contributed by atoms with Gasteiger partial charge in [0.1, 0.15) is 12.0 Å². The molecule has 0 bridgehead atoms. The molecule has 0 radical (unpaired) electrons. The van der Waals surface area contributed by atoms with E-state index in [4.69, 9.17) is 0 Å². The van der Waals surface area contributed by atoms with Gasteiger partial charge in [0, 0.05) is 19.3 Å². The van der Waals surface area contributed by atoms with E-state index in [2.05, 4.69) is 25.3 Å². The van der Waals surface area contributed by atoms with E-state index >= 15 is 0 Å². The van der Waals surface area contributed by atoms with E-state index in [1.165, 1.54) is 19.2 Å². The van der Waals surface area contributed by atoms with Crippen LogP contribution in [0.15, 0.2) is 24.8 Å². The van der Waals surface area contributed by atoms with E-state index in [9.17, 15) is 4.79 Å². The van der Waals surface area contributed by atoms with Gasteiger partial charge in [0.2, 0.25) is 0 Å². The minimum Gasteiger partial charge on any atom is -0.355 e. The van der Waals surface area contributed by atoms with Crippen molar-refractivity contribution in [3.05, 3.63) is 30.5 Å². The third-order valence-corrected chi connectivity index (χ3v) is 4.88. The number of hydrogen-bond donors (Lipinski definition) is 1. The summed E-state index contributed by atoms with van der Waals surface area (Å²) < 4.78 is 1.94. The van der Waals surface area contributed by atoms with Crippen molar-refractivity contribution in [1.29, 1.82) is 0 Å². The van der Waals surface area contributed by atoms with Gasteiger partial charge in [-0.15, -0.1) is 0 Å². The van der Waals surface area contributed by atoms with Crippen LogP contribution in [0.5, 0.6) is 0 Å². The smallest absolute Gasteiger partial charge is 0.276 e. The highest BCUT2D eigenvalue weighted by molar-refractivity contribution is 6.04. The van der Waals surface area contributed by atoms with Gasteiger partial charge in [0.05, 0.1) is 12.2 Å². The number of anilines is 2. The molecule has 24 heavy (non-hydrogen) atoms. The number of nitrogens with zero attached hydrogens (tertiary/aromatic N) is 5. The Morgan fingerprint density at radius 3 is 2.75 bits per heavy atom. The molecule has 1 saturated heterocycles. The lowest BCUT2D eigenvalue weighted by molar-refractivity contribution is 0.102. The van der Waals surface area contributed by atoms with Crippen molar-refractivity contribution < 1.29 is 4.79 Å². The molecule has 2 aliphatic rings. The molecule has 1 aliphatic heterocycles. The average Bonchev–Trinajstić information content (AvgIpc) is 3.35. The maximum absolute atomic E-state index is 12.5. The van der Waals surface area contributed by atoms with Crippen LogP contribution in [0.25, 0.3) is 0 Å². The molecule has 2 aromatic heterocycles. The van der Waals surface area contributed by atoms with Gasteiger partial charge in [-0.3, -0.25) is 9.48 Å². The van der Waals surface area contributed by atoms with Crippen LogP contribution in [-0.4, -0.2) is 38.7 Å². The van der Waals surface area contributed by atoms with Crippen LogP contribution < -0.4 is 10.2 Å². The second kappa shape index (κ2) is 6.59. The monoisotopic (exact) mass is 326 g/mol. The summed E-state index contributed by atoms with van der Waals surface area (Å²) in [5.74, 6) is 0.591. The Bertz CT molecular complexity index is 715. The summed E-state index contributed by atoms with van der Waals surface area (Å²) in [4.78, 5) is 23.1. The normalized spacial score (nSPS) is 18.2.